The van der Waals surface area contributed by atoms with Gasteiger partial charge in [0, 0.05) is 47.8 Å². The molecular weight excluding hydrogens is 752 g/mol. The number of nitriles is 1. The minimum absolute atomic E-state index is 0.0638. The molecule has 7 rings (SSSR count). The Balaban J connectivity index is 1.29. The van der Waals surface area contributed by atoms with Gasteiger partial charge in [-0.05, 0) is 99.3 Å². The molecule has 1 aliphatic rings. The first-order valence-electron chi connectivity index (χ1n) is 19.5. The Labute approximate surface area is 341 Å². The minimum atomic E-state index is -2.13. The zero-order valence-corrected chi connectivity index (χ0v) is 34.7. The maximum Gasteiger partial charge on any atom is 0.257 e. The summed E-state index contributed by atoms with van der Waals surface area (Å²) < 4.78 is 41.9. The van der Waals surface area contributed by atoms with Crippen LogP contribution >= 0.6 is 8.53 Å². The molecule has 1 saturated heterocycles. The van der Waals surface area contributed by atoms with Crippen LogP contribution in [0.1, 0.15) is 69.9 Å². The molecule has 1 N–H and O–H groups in total. The van der Waals surface area contributed by atoms with E-state index in [1.165, 1.54) is 0 Å². The number of rotatable bonds is 17. The molecule has 6 aromatic rings. The van der Waals surface area contributed by atoms with Crippen LogP contribution in [0.25, 0.3) is 22.4 Å². The van der Waals surface area contributed by atoms with E-state index in [0.717, 1.165) is 50.5 Å². The van der Waals surface area contributed by atoms with Crippen LogP contribution in [0.3, 0.4) is 0 Å². The van der Waals surface area contributed by atoms with E-state index in [-0.39, 0.29) is 12.6 Å². The van der Waals surface area contributed by atoms with Crippen LogP contribution < -0.4 is 9.47 Å². The molecular formula is C46H51N4O7P. The molecule has 3 aromatic carbocycles. The second-order valence-corrected chi connectivity index (χ2v) is 16.4. The maximum atomic E-state index is 12.0. The van der Waals surface area contributed by atoms with Gasteiger partial charge in [0.2, 0.25) is 0 Å². The van der Waals surface area contributed by atoms with Crippen LogP contribution in [0, 0.1) is 11.3 Å². The number of hydrogen-bond donors (Lipinski definition) is 1. The Morgan fingerprint density at radius 3 is 2.16 bits per heavy atom. The molecule has 0 aliphatic carbocycles. The highest BCUT2D eigenvalue weighted by molar-refractivity contribution is 7.43. The molecule has 58 heavy (non-hydrogen) atoms. The number of furan rings is 1. The zero-order chi connectivity index (χ0) is 40.9. The van der Waals surface area contributed by atoms with Gasteiger partial charge in [-0.3, -0.25) is 0 Å². The van der Waals surface area contributed by atoms with Crippen LogP contribution in [-0.2, 0) is 19.6 Å². The molecule has 11 nitrogen and oxygen atoms in total. The average molecular weight is 803 g/mol. The highest BCUT2D eigenvalue weighted by Gasteiger charge is 2.46. The number of ether oxygens (including phenoxy) is 4. The van der Waals surface area contributed by atoms with Crippen molar-refractivity contribution in [3.05, 3.63) is 138 Å². The summed E-state index contributed by atoms with van der Waals surface area (Å²) >= 11 is 0. The predicted octanol–water partition coefficient (Wildman–Crippen LogP) is 10.0. The highest BCUT2D eigenvalue weighted by Crippen LogP contribution is 2.50. The Hall–Kier alpha value is -5.05. The number of fused-ring (bicyclic) bond motifs is 1. The quantitative estimate of drug-likeness (QED) is 0.0704. The van der Waals surface area contributed by atoms with Gasteiger partial charge in [0.05, 0.1) is 39.3 Å². The minimum Gasteiger partial charge on any atom is -0.497 e. The first-order chi connectivity index (χ1) is 28.1. The summed E-state index contributed by atoms with van der Waals surface area (Å²) in [6.07, 6.45) is 5.06. The first-order valence-corrected chi connectivity index (χ1v) is 20.7. The van der Waals surface area contributed by atoms with Crippen LogP contribution in [0.2, 0.25) is 0 Å². The SMILES string of the molecule is COc1ccc(C(OC[C@H]2O[C@@H](n3ccc4c(-c5ccco5)ccnc43)C[C@@H]2OP(O)N(C(C)C)C(C)(C)CCC#N)(c2ccccc2)c2ccc(OC)cc2)cc1. The second-order valence-electron chi connectivity index (χ2n) is 15.3. The third kappa shape index (κ3) is 8.27. The van der Waals surface area contributed by atoms with E-state index in [4.69, 9.17) is 32.9 Å². The second kappa shape index (κ2) is 17.8. The lowest BCUT2D eigenvalue weighted by Gasteiger charge is -2.43. The van der Waals surface area contributed by atoms with Gasteiger partial charge < -0.3 is 37.3 Å². The third-order valence-corrected chi connectivity index (χ3v) is 12.7. The van der Waals surface area contributed by atoms with Crippen molar-refractivity contribution in [1.29, 1.82) is 5.26 Å². The van der Waals surface area contributed by atoms with Gasteiger partial charge in [0.25, 0.3) is 8.53 Å². The first kappa shape index (κ1) is 41.1. The Morgan fingerprint density at radius 1 is 0.914 bits per heavy atom. The van der Waals surface area contributed by atoms with Gasteiger partial charge in [-0.15, -0.1) is 0 Å². The molecule has 12 heteroatoms. The molecule has 4 atom stereocenters. The fourth-order valence-corrected chi connectivity index (χ4v) is 9.65. The van der Waals surface area contributed by atoms with Crippen molar-refractivity contribution >= 4 is 19.6 Å². The van der Waals surface area contributed by atoms with Gasteiger partial charge in [-0.2, -0.15) is 5.26 Å². The Bertz CT molecular complexity index is 2220. The summed E-state index contributed by atoms with van der Waals surface area (Å²) in [7, 11) is 1.17. The lowest BCUT2D eigenvalue weighted by Crippen LogP contribution is -2.45. The summed E-state index contributed by atoms with van der Waals surface area (Å²) in [5.41, 5.74) is 2.74. The van der Waals surface area contributed by atoms with Crippen LogP contribution in [0.5, 0.6) is 11.5 Å². The number of benzene rings is 3. The highest BCUT2D eigenvalue weighted by atomic mass is 31.2. The molecule has 0 spiro atoms. The van der Waals surface area contributed by atoms with E-state index in [2.05, 4.69) is 18.2 Å². The molecule has 4 heterocycles. The maximum absolute atomic E-state index is 12.0. The summed E-state index contributed by atoms with van der Waals surface area (Å²) in [5, 5.41) is 10.4. The number of nitrogens with zero attached hydrogens (tertiary/aromatic N) is 4. The van der Waals surface area contributed by atoms with E-state index >= 15 is 0 Å². The number of hydrogen-bond acceptors (Lipinski definition) is 10. The lowest BCUT2D eigenvalue weighted by atomic mass is 9.80. The van der Waals surface area contributed by atoms with Gasteiger partial charge in [0.15, 0.2) is 0 Å². The van der Waals surface area contributed by atoms with Crippen LogP contribution in [0.15, 0.2) is 126 Å². The molecule has 0 amide bonds. The van der Waals surface area contributed by atoms with Crippen molar-refractivity contribution < 1.29 is 32.8 Å². The Morgan fingerprint density at radius 2 is 1.57 bits per heavy atom. The van der Waals surface area contributed by atoms with E-state index in [1.54, 1.807) is 26.7 Å². The monoisotopic (exact) mass is 802 g/mol. The van der Waals surface area contributed by atoms with Crippen molar-refractivity contribution in [2.75, 3.05) is 20.8 Å². The van der Waals surface area contributed by atoms with E-state index in [0.29, 0.717) is 19.3 Å². The van der Waals surface area contributed by atoms with Crippen LogP contribution in [-0.4, -0.2) is 63.7 Å². The molecule has 1 fully saturated rings. The van der Waals surface area contributed by atoms with Crippen molar-refractivity contribution in [1.82, 2.24) is 14.2 Å². The predicted molar refractivity (Wildman–Crippen MR) is 224 cm³/mol. The summed E-state index contributed by atoms with van der Waals surface area (Å²) in [4.78, 5) is 16.8. The van der Waals surface area contributed by atoms with E-state index in [9.17, 15) is 10.2 Å². The Kier molecular flexibility index (Phi) is 12.6. The summed E-state index contributed by atoms with van der Waals surface area (Å²) in [5.74, 6) is 2.20. The normalized spacial score (nSPS) is 17.8. The topological polar surface area (TPSA) is 124 Å². The zero-order valence-electron chi connectivity index (χ0n) is 33.8. The average Bonchev–Trinajstić information content (AvgIpc) is 4.02. The van der Waals surface area contributed by atoms with Gasteiger partial charge >= 0.3 is 0 Å². The number of methoxy groups -OCH3 is 2. The van der Waals surface area contributed by atoms with Gasteiger partial charge in [-0.25, -0.2) is 9.65 Å². The van der Waals surface area contributed by atoms with Crippen molar-refractivity contribution in [2.45, 2.75) is 82.6 Å². The van der Waals surface area contributed by atoms with Crippen molar-refractivity contribution in [3.8, 4) is 28.9 Å². The number of aromatic nitrogens is 2. The molecule has 1 unspecified atom stereocenters. The van der Waals surface area contributed by atoms with E-state index in [1.807, 2.05) is 134 Å². The van der Waals surface area contributed by atoms with Gasteiger partial charge in [0.1, 0.15) is 40.8 Å². The molecule has 302 valence electrons. The molecule has 3 aromatic heterocycles. The fraction of sp³-hybridized carbons (Fsp3) is 0.348. The largest absolute Gasteiger partial charge is 0.497 e. The van der Waals surface area contributed by atoms with Crippen LogP contribution in [0.4, 0.5) is 0 Å². The smallest absolute Gasteiger partial charge is 0.257 e. The molecule has 1 aliphatic heterocycles. The summed E-state index contributed by atoms with van der Waals surface area (Å²) in [6.45, 7) is 8.24. The van der Waals surface area contributed by atoms with Crippen molar-refractivity contribution in [2.24, 2.45) is 0 Å². The standard InChI is InChI=1S/C46H51N4O7P/c1-32(2)50(45(3,4)25-11-26-47)58(51)57-41-30-43(49-28-24-39-38(23-27-48-44(39)49)40-14-10-29-54-40)56-42(41)31-55-46(33-12-8-7-9-13-33,34-15-19-36(52-5)20-16-34)35-17-21-37(53-6)22-18-35/h7-10,12-24,27-29,32,41-43,51H,11,25,30-31H2,1-6H3/t41-,42+,43+,58?/m0/s1. The van der Waals surface area contributed by atoms with Gasteiger partial charge in [-0.1, -0.05) is 54.6 Å². The molecule has 0 bridgehead atoms. The third-order valence-electron chi connectivity index (χ3n) is 10.9. The molecule has 0 saturated carbocycles. The summed E-state index contributed by atoms with van der Waals surface area (Å²) in [6, 6.07) is 35.9. The lowest BCUT2D eigenvalue weighted by molar-refractivity contribution is -0.0910. The van der Waals surface area contributed by atoms with E-state index < -0.39 is 38.1 Å². The number of pyridine rings is 1. The fourth-order valence-electron chi connectivity index (χ4n) is 8.13. The van der Waals surface area contributed by atoms with Crippen molar-refractivity contribution in [3.63, 3.8) is 0 Å². The molecule has 0 radical (unpaired) electrons.